The molecule has 166 valence electrons. The lowest BCUT2D eigenvalue weighted by molar-refractivity contribution is 0.183. The highest BCUT2D eigenvalue weighted by Crippen LogP contribution is 2.35. The second-order valence-electron chi connectivity index (χ2n) is 7.79. The third kappa shape index (κ3) is 4.37. The molecule has 3 aromatic heterocycles. The fourth-order valence-electron chi connectivity index (χ4n) is 4.04. The van der Waals surface area contributed by atoms with Crippen LogP contribution in [-0.4, -0.2) is 33.4 Å². The molecular weight excluding hydrogens is 444 g/mol. The summed E-state index contributed by atoms with van der Waals surface area (Å²) < 4.78 is 12.4. The van der Waals surface area contributed by atoms with E-state index in [0.29, 0.717) is 42.2 Å². The Bertz CT molecular complexity index is 1280. The van der Waals surface area contributed by atoms with Crippen molar-refractivity contribution in [3.05, 3.63) is 68.4 Å². The molecule has 7 nitrogen and oxygen atoms in total. The van der Waals surface area contributed by atoms with Crippen LogP contribution in [0, 0.1) is 0 Å². The SMILES string of the molecule is COCCn1c(SCc2nc(Cc3ccccc3)no2)nc2sc3c(c2c1=O)CCCC3. The largest absolute Gasteiger partial charge is 0.383 e. The number of hydrogen-bond donors (Lipinski definition) is 0. The summed E-state index contributed by atoms with van der Waals surface area (Å²) in [7, 11) is 1.64. The average molecular weight is 469 g/mol. The lowest BCUT2D eigenvalue weighted by Crippen LogP contribution is -2.25. The van der Waals surface area contributed by atoms with Crippen LogP contribution in [0.25, 0.3) is 10.2 Å². The van der Waals surface area contributed by atoms with Gasteiger partial charge >= 0.3 is 0 Å². The number of thioether (sulfide) groups is 1. The van der Waals surface area contributed by atoms with Crippen LogP contribution in [0.1, 0.15) is 40.6 Å². The van der Waals surface area contributed by atoms with Crippen LogP contribution in [-0.2, 0) is 36.3 Å². The van der Waals surface area contributed by atoms with E-state index >= 15 is 0 Å². The molecule has 0 unspecified atom stereocenters. The number of thiophene rings is 1. The van der Waals surface area contributed by atoms with Gasteiger partial charge in [-0.15, -0.1) is 11.3 Å². The van der Waals surface area contributed by atoms with Gasteiger partial charge in [0.15, 0.2) is 11.0 Å². The molecule has 4 aromatic rings. The van der Waals surface area contributed by atoms with Gasteiger partial charge in [-0.1, -0.05) is 47.3 Å². The number of methoxy groups -OCH3 is 1. The molecule has 1 aliphatic rings. The number of ether oxygens (including phenoxy) is 1. The Balaban J connectivity index is 1.40. The molecule has 1 aliphatic carbocycles. The minimum absolute atomic E-state index is 0.0317. The Hall–Kier alpha value is -2.49. The minimum Gasteiger partial charge on any atom is -0.383 e. The van der Waals surface area contributed by atoms with E-state index in [0.717, 1.165) is 35.0 Å². The summed E-state index contributed by atoms with van der Waals surface area (Å²) in [6, 6.07) is 10.1. The summed E-state index contributed by atoms with van der Waals surface area (Å²) in [5.74, 6) is 1.63. The normalized spacial score (nSPS) is 13.5. The van der Waals surface area contributed by atoms with Gasteiger partial charge in [-0.2, -0.15) is 4.98 Å². The first-order chi connectivity index (χ1) is 15.7. The predicted octanol–water partition coefficient (Wildman–Crippen LogP) is 4.25. The molecule has 3 heterocycles. The molecular formula is C23H24N4O3S2. The molecule has 32 heavy (non-hydrogen) atoms. The molecule has 0 amide bonds. The van der Waals surface area contributed by atoms with Crippen molar-refractivity contribution in [2.75, 3.05) is 13.7 Å². The van der Waals surface area contributed by atoms with E-state index in [2.05, 4.69) is 10.1 Å². The predicted molar refractivity (Wildman–Crippen MR) is 126 cm³/mol. The first-order valence-corrected chi connectivity index (χ1v) is 12.6. The van der Waals surface area contributed by atoms with E-state index in [9.17, 15) is 4.79 Å². The van der Waals surface area contributed by atoms with E-state index in [4.69, 9.17) is 14.2 Å². The van der Waals surface area contributed by atoms with Gasteiger partial charge in [0.05, 0.1) is 24.3 Å². The van der Waals surface area contributed by atoms with Crippen molar-refractivity contribution in [1.29, 1.82) is 0 Å². The highest BCUT2D eigenvalue weighted by molar-refractivity contribution is 7.98. The molecule has 0 atom stereocenters. The van der Waals surface area contributed by atoms with Gasteiger partial charge in [-0.25, -0.2) is 4.98 Å². The van der Waals surface area contributed by atoms with Gasteiger partial charge in [0.1, 0.15) is 4.83 Å². The summed E-state index contributed by atoms with van der Waals surface area (Å²) in [4.78, 5) is 25.0. The molecule has 0 radical (unpaired) electrons. The number of aromatic nitrogens is 4. The number of benzene rings is 1. The van der Waals surface area contributed by atoms with Gasteiger partial charge in [0.25, 0.3) is 5.56 Å². The third-order valence-electron chi connectivity index (χ3n) is 5.60. The quantitative estimate of drug-likeness (QED) is 0.282. The lowest BCUT2D eigenvalue weighted by atomic mass is 9.97. The van der Waals surface area contributed by atoms with Crippen LogP contribution in [0.2, 0.25) is 0 Å². The Kier molecular flexibility index (Phi) is 6.38. The van der Waals surface area contributed by atoms with Crippen molar-refractivity contribution >= 4 is 33.3 Å². The van der Waals surface area contributed by atoms with Crippen LogP contribution in [0.3, 0.4) is 0 Å². The monoisotopic (exact) mass is 468 g/mol. The summed E-state index contributed by atoms with van der Waals surface area (Å²) >= 11 is 3.12. The Morgan fingerprint density at radius 2 is 2.03 bits per heavy atom. The van der Waals surface area contributed by atoms with Crippen molar-refractivity contribution in [2.45, 2.75) is 49.6 Å². The van der Waals surface area contributed by atoms with Crippen molar-refractivity contribution in [3.8, 4) is 0 Å². The van der Waals surface area contributed by atoms with Crippen molar-refractivity contribution < 1.29 is 9.26 Å². The van der Waals surface area contributed by atoms with Crippen LogP contribution in [0.5, 0.6) is 0 Å². The summed E-state index contributed by atoms with van der Waals surface area (Å²) in [5.41, 5.74) is 2.37. The van der Waals surface area contributed by atoms with E-state index in [1.807, 2.05) is 30.3 Å². The molecule has 0 saturated heterocycles. The van der Waals surface area contributed by atoms with Crippen LogP contribution < -0.4 is 5.56 Å². The summed E-state index contributed by atoms with van der Waals surface area (Å²) in [6.45, 7) is 0.920. The van der Waals surface area contributed by atoms with Crippen molar-refractivity contribution in [3.63, 3.8) is 0 Å². The first kappa shape index (κ1) is 21.4. The standard InChI is InChI=1S/C23H24N4O3S2/c1-29-12-11-27-22(28)20-16-9-5-6-10-17(16)32-21(20)25-23(27)31-14-19-24-18(26-30-19)13-15-7-3-2-4-8-15/h2-4,7-8H,5-6,9-14H2,1H3. The highest BCUT2D eigenvalue weighted by atomic mass is 32.2. The molecule has 0 N–H and O–H groups in total. The Labute approximate surface area is 193 Å². The molecule has 0 fully saturated rings. The maximum atomic E-state index is 13.4. The van der Waals surface area contributed by atoms with Gasteiger partial charge in [0, 0.05) is 18.4 Å². The number of nitrogens with zero attached hydrogens (tertiary/aromatic N) is 4. The minimum atomic E-state index is 0.0317. The fourth-order valence-corrected chi connectivity index (χ4v) is 6.20. The van der Waals surface area contributed by atoms with Gasteiger partial charge < -0.3 is 9.26 Å². The topological polar surface area (TPSA) is 83.0 Å². The van der Waals surface area contributed by atoms with Gasteiger partial charge in [0.2, 0.25) is 5.89 Å². The zero-order valence-electron chi connectivity index (χ0n) is 17.9. The number of aryl methyl sites for hydroxylation is 2. The second kappa shape index (κ2) is 9.56. The molecule has 9 heteroatoms. The molecule has 1 aromatic carbocycles. The molecule has 5 rings (SSSR count). The third-order valence-corrected chi connectivity index (χ3v) is 7.75. The van der Waals surface area contributed by atoms with E-state index in [-0.39, 0.29) is 5.56 Å². The van der Waals surface area contributed by atoms with E-state index < -0.39 is 0 Å². The first-order valence-electron chi connectivity index (χ1n) is 10.7. The number of fused-ring (bicyclic) bond motifs is 3. The number of rotatable bonds is 8. The van der Waals surface area contributed by atoms with Crippen LogP contribution in [0.15, 0.2) is 44.8 Å². The lowest BCUT2D eigenvalue weighted by Gasteiger charge is -2.12. The molecule has 0 spiro atoms. The van der Waals surface area contributed by atoms with Crippen LogP contribution in [0.4, 0.5) is 0 Å². The summed E-state index contributed by atoms with van der Waals surface area (Å²) in [5, 5.41) is 5.57. The Morgan fingerprint density at radius 3 is 2.88 bits per heavy atom. The van der Waals surface area contributed by atoms with E-state index in [1.54, 1.807) is 23.0 Å². The molecule has 0 saturated carbocycles. The van der Waals surface area contributed by atoms with Crippen molar-refractivity contribution in [1.82, 2.24) is 19.7 Å². The summed E-state index contributed by atoms with van der Waals surface area (Å²) in [6.07, 6.45) is 4.95. The van der Waals surface area contributed by atoms with Crippen LogP contribution >= 0.6 is 23.1 Å². The second-order valence-corrected chi connectivity index (χ2v) is 9.82. The smallest absolute Gasteiger partial charge is 0.263 e. The average Bonchev–Trinajstić information content (AvgIpc) is 3.42. The Morgan fingerprint density at radius 1 is 1.19 bits per heavy atom. The maximum absolute atomic E-state index is 13.4. The highest BCUT2D eigenvalue weighted by Gasteiger charge is 2.22. The maximum Gasteiger partial charge on any atom is 0.263 e. The molecule has 0 aliphatic heterocycles. The molecule has 0 bridgehead atoms. The number of hydrogen-bond acceptors (Lipinski definition) is 8. The van der Waals surface area contributed by atoms with Crippen molar-refractivity contribution in [2.24, 2.45) is 0 Å². The van der Waals surface area contributed by atoms with E-state index in [1.165, 1.54) is 28.6 Å². The van der Waals surface area contributed by atoms with Gasteiger partial charge in [-0.3, -0.25) is 9.36 Å². The zero-order valence-corrected chi connectivity index (χ0v) is 19.5. The zero-order chi connectivity index (χ0) is 21.9. The van der Waals surface area contributed by atoms with Gasteiger partial charge in [-0.05, 0) is 36.8 Å². The fraction of sp³-hybridized carbons (Fsp3) is 0.391.